The Labute approximate surface area is 135 Å². The maximum Gasteiger partial charge on any atom is 0.225 e. The van der Waals surface area contributed by atoms with Gasteiger partial charge in [0.25, 0.3) is 0 Å². The van der Waals surface area contributed by atoms with Gasteiger partial charge in [0.15, 0.2) is 9.84 Å². The smallest absolute Gasteiger partial charge is 0.225 e. The van der Waals surface area contributed by atoms with Crippen molar-refractivity contribution in [1.29, 1.82) is 5.26 Å². The summed E-state index contributed by atoms with van der Waals surface area (Å²) >= 11 is 0. The Morgan fingerprint density at radius 2 is 1.70 bits per heavy atom. The van der Waals surface area contributed by atoms with E-state index < -0.39 is 9.84 Å². The van der Waals surface area contributed by atoms with Gasteiger partial charge in [0.1, 0.15) is 0 Å². The van der Waals surface area contributed by atoms with Gasteiger partial charge < -0.3 is 5.32 Å². The van der Waals surface area contributed by atoms with Crippen LogP contribution >= 0.6 is 0 Å². The molecule has 5 nitrogen and oxygen atoms in total. The van der Waals surface area contributed by atoms with E-state index in [1.807, 2.05) is 13.0 Å². The second-order valence-electron chi connectivity index (χ2n) is 5.12. The van der Waals surface area contributed by atoms with Crippen molar-refractivity contribution in [3.8, 4) is 6.07 Å². The van der Waals surface area contributed by atoms with Crippen LogP contribution in [0, 0.1) is 18.3 Å². The van der Waals surface area contributed by atoms with Gasteiger partial charge in [0.2, 0.25) is 5.91 Å². The van der Waals surface area contributed by atoms with Gasteiger partial charge in [0.05, 0.1) is 22.3 Å². The van der Waals surface area contributed by atoms with Crippen molar-refractivity contribution in [2.24, 2.45) is 0 Å². The molecule has 0 radical (unpaired) electrons. The number of carbonyl (C=O) groups is 1. The van der Waals surface area contributed by atoms with Crippen LogP contribution in [-0.2, 0) is 14.6 Å². The fraction of sp³-hybridized carbons (Fsp3) is 0.176. The summed E-state index contributed by atoms with van der Waals surface area (Å²) in [7, 11) is -3.48. The van der Waals surface area contributed by atoms with Crippen molar-refractivity contribution in [1.82, 2.24) is 0 Å². The van der Waals surface area contributed by atoms with Crippen LogP contribution < -0.4 is 5.32 Å². The van der Waals surface area contributed by atoms with Gasteiger partial charge >= 0.3 is 0 Å². The highest BCUT2D eigenvalue weighted by atomic mass is 32.2. The molecule has 0 aromatic heterocycles. The highest BCUT2D eigenvalue weighted by Gasteiger charge is 2.16. The largest absolute Gasteiger partial charge is 0.326 e. The Kier molecular flexibility index (Phi) is 5.14. The fourth-order valence-corrected chi connectivity index (χ4v) is 3.18. The zero-order chi connectivity index (χ0) is 16.9. The molecule has 0 spiro atoms. The third-order valence-corrected chi connectivity index (χ3v) is 5.01. The molecule has 0 aliphatic carbocycles. The van der Waals surface area contributed by atoms with Crippen LogP contribution in [0.3, 0.4) is 0 Å². The number of nitriles is 1. The molecule has 0 aliphatic heterocycles. The van der Waals surface area contributed by atoms with Gasteiger partial charge in [-0.1, -0.05) is 17.7 Å². The SMILES string of the molecule is Cc1ccc(S(=O)(=O)CCC(=O)Nc2ccc(C#N)cc2)cc1. The molecular weight excluding hydrogens is 312 g/mol. The lowest BCUT2D eigenvalue weighted by Gasteiger charge is -2.07. The zero-order valence-corrected chi connectivity index (χ0v) is 13.4. The van der Waals surface area contributed by atoms with Crippen molar-refractivity contribution in [2.45, 2.75) is 18.2 Å². The molecule has 1 amide bonds. The molecule has 0 saturated carbocycles. The molecule has 2 rings (SSSR count). The summed E-state index contributed by atoms with van der Waals surface area (Å²) < 4.78 is 24.3. The van der Waals surface area contributed by atoms with Crippen LogP contribution in [0.5, 0.6) is 0 Å². The second-order valence-corrected chi connectivity index (χ2v) is 7.23. The van der Waals surface area contributed by atoms with Gasteiger partial charge in [-0.3, -0.25) is 4.79 Å². The molecule has 6 heteroatoms. The van der Waals surface area contributed by atoms with Crippen LogP contribution in [0.25, 0.3) is 0 Å². The Bertz CT molecular complexity index is 833. The third-order valence-electron chi connectivity index (χ3n) is 3.28. The number of carbonyl (C=O) groups excluding carboxylic acids is 1. The summed E-state index contributed by atoms with van der Waals surface area (Å²) in [6, 6.07) is 14.9. The average Bonchev–Trinajstić information content (AvgIpc) is 2.54. The standard InChI is InChI=1S/C17H16N2O3S/c1-13-2-8-16(9-3-13)23(21,22)11-10-17(20)19-15-6-4-14(12-18)5-7-15/h2-9H,10-11H2,1H3,(H,19,20). The van der Waals surface area contributed by atoms with Crippen LogP contribution in [0.15, 0.2) is 53.4 Å². The highest BCUT2D eigenvalue weighted by Crippen LogP contribution is 2.14. The van der Waals surface area contributed by atoms with E-state index >= 15 is 0 Å². The first kappa shape index (κ1) is 16.7. The Balaban J connectivity index is 1.95. The number of hydrogen-bond donors (Lipinski definition) is 1. The monoisotopic (exact) mass is 328 g/mol. The molecule has 0 unspecified atom stereocenters. The van der Waals surface area contributed by atoms with E-state index in [9.17, 15) is 13.2 Å². The Morgan fingerprint density at radius 3 is 2.26 bits per heavy atom. The molecule has 0 heterocycles. The first-order chi connectivity index (χ1) is 10.9. The van der Waals surface area contributed by atoms with Crippen LogP contribution in [0.2, 0.25) is 0 Å². The first-order valence-electron chi connectivity index (χ1n) is 7.00. The number of aryl methyl sites for hydroxylation is 1. The molecule has 118 valence electrons. The molecule has 2 aromatic carbocycles. The molecule has 0 atom stereocenters. The number of nitrogens with zero attached hydrogens (tertiary/aromatic N) is 1. The number of benzene rings is 2. The van der Waals surface area contributed by atoms with Gasteiger partial charge in [-0.2, -0.15) is 5.26 Å². The molecule has 0 aliphatic rings. The Hall–Kier alpha value is -2.65. The minimum absolute atomic E-state index is 0.129. The fourth-order valence-electron chi connectivity index (χ4n) is 1.94. The predicted molar refractivity (Wildman–Crippen MR) is 87.6 cm³/mol. The van der Waals surface area contributed by atoms with Crippen LogP contribution in [0.1, 0.15) is 17.5 Å². The van der Waals surface area contributed by atoms with E-state index in [4.69, 9.17) is 5.26 Å². The van der Waals surface area contributed by atoms with E-state index in [0.29, 0.717) is 11.3 Å². The summed E-state index contributed by atoms with van der Waals surface area (Å²) in [5, 5.41) is 11.3. The lowest BCUT2D eigenvalue weighted by Crippen LogP contribution is -2.17. The van der Waals surface area contributed by atoms with E-state index in [1.54, 1.807) is 48.5 Å². The minimum atomic E-state index is -3.48. The summed E-state index contributed by atoms with van der Waals surface area (Å²) in [4.78, 5) is 12.1. The quantitative estimate of drug-likeness (QED) is 0.914. The number of hydrogen-bond acceptors (Lipinski definition) is 4. The topological polar surface area (TPSA) is 87.0 Å². The van der Waals surface area contributed by atoms with Crippen molar-refractivity contribution in [2.75, 3.05) is 11.1 Å². The second kappa shape index (κ2) is 7.07. The van der Waals surface area contributed by atoms with Gasteiger partial charge in [-0.15, -0.1) is 0 Å². The first-order valence-corrected chi connectivity index (χ1v) is 8.65. The molecule has 2 aromatic rings. The molecular formula is C17H16N2O3S. The third kappa shape index (κ3) is 4.66. The summed E-state index contributed by atoms with van der Waals surface area (Å²) in [5.41, 5.74) is 1.99. The normalized spacial score (nSPS) is 10.8. The Morgan fingerprint density at radius 1 is 1.09 bits per heavy atom. The number of anilines is 1. The minimum Gasteiger partial charge on any atom is -0.326 e. The summed E-state index contributed by atoms with van der Waals surface area (Å²) in [6.07, 6.45) is -0.129. The molecule has 0 fully saturated rings. The maximum absolute atomic E-state index is 12.2. The lowest BCUT2D eigenvalue weighted by atomic mass is 10.2. The lowest BCUT2D eigenvalue weighted by molar-refractivity contribution is -0.115. The predicted octanol–water partition coefficient (Wildman–Crippen LogP) is 2.67. The molecule has 0 saturated heterocycles. The van der Waals surface area contributed by atoms with Crippen molar-refractivity contribution < 1.29 is 13.2 Å². The summed E-state index contributed by atoms with van der Waals surface area (Å²) in [5.74, 6) is -0.636. The van der Waals surface area contributed by atoms with E-state index in [-0.39, 0.29) is 23.0 Å². The van der Waals surface area contributed by atoms with E-state index in [2.05, 4.69) is 5.32 Å². The van der Waals surface area contributed by atoms with Crippen molar-refractivity contribution >= 4 is 21.4 Å². The van der Waals surface area contributed by atoms with Gasteiger partial charge in [0, 0.05) is 12.1 Å². The number of sulfone groups is 1. The molecule has 0 bridgehead atoms. The van der Waals surface area contributed by atoms with Gasteiger partial charge in [-0.05, 0) is 43.3 Å². The molecule has 1 N–H and O–H groups in total. The number of rotatable bonds is 5. The van der Waals surface area contributed by atoms with Crippen molar-refractivity contribution in [3.05, 3.63) is 59.7 Å². The van der Waals surface area contributed by atoms with Gasteiger partial charge in [-0.25, -0.2) is 8.42 Å². The molecule has 23 heavy (non-hydrogen) atoms. The van der Waals surface area contributed by atoms with E-state index in [0.717, 1.165) is 5.56 Å². The van der Waals surface area contributed by atoms with Crippen molar-refractivity contribution in [3.63, 3.8) is 0 Å². The van der Waals surface area contributed by atoms with Crippen LogP contribution in [0.4, 0.5) is 5.69 Å². The average molecular weight is 328 g/mol. The number of nitrogens with one attached hydrogen (secondary N) is 1. The maximum atomic E-state index is 12.2. The number of amides is 1. The highest BCUT2D eigenvalue weighted by molar-refractivity contribution is 7.91. The summed E-state index contributed by atoms with van der Waals surface area (Å²) in [6.45, 7) is 1.88. The zero-order valence-electron chi connectivity index (χ0n) is 12.6. The van der Waals surface area contributed by atoms with E-state index in [1.165, 1.54) is 0 Å². The van der Waals surface area contributed by atoms with Crippen LogP contribution in [-0.4, -0.2) is 20.1 Å².